The van der Waals surface area contributed by atoms with Crippen LogP contribution < -0.4 is 5.32 Å². The van der Waals surface area contributed by atoms with Crippen molar-refractivity contribution in [2.75, 3.05) is 13.2 Å². The monoisotopic (exact) mass is 147 g/mol. The van der Waals surface area contributed by atoms with E-state index in [0.29, 0.717) is 6.54 Å². The Morgan fingerprint density at radius 1 is 1.80 bits per heavy atom. The summed E-state index contributed by atoms with van der Waals surface area (Å²) >= 11 is 0. The molecule has 4 nitrogen and oxygen atoms in total. The summed E-state index contributed by atoms with van der Waals surface area (Å²) in [6.07, 6.45) is -0.315. The molecule has 0 aromatic heterocycles. The van der Waals surface area contributed by atoms with Crippen molar-refractivity contribution in [1.29, 1.82) is 0 Å². The highest BCUT2D eigenvalue weighted by Crippen LogP contribution is 1.84. The summed E-state index contributed by atoms with van der Waals surface area (Å²) in [5, 5.41) is 11.1. The van der Waals surface area contributed by atoms with Crippen molar-refractivity contribution in [1.82, 2.24) is 5.32 Å². The zero-order chi connectivity index (χ0) is 7.98. The molecule has 2 N–H and O–H groups in total. The molecule has 0 heterocycles. The van der Waals surface area contributed by atoms with Gasteiger partial charge in [0, 0.05) is 13.5 Å². The maximum absolute atomic E-state index is 10.3. The van der Waals surface area contributed by atoms with Gasteiger partial charge in [-0.25, -0.2) is 0 Å². The number of aliphatic hydroxyl groups excluding tert-OH is 1. The van der Waals surface area contributed by atoms with Crippen molar-refractivity contribution in [3.63, 3.8) is 0 Å². The Bertz CT molecular complexity index is 105. The number of hydrogen-bond donors (Lipinski definition) is 2. The molecule has 0 amide bonds. The molecular formula is C6H13NO3. The van der Waals surface area contributed by atoms with E-state index in [1.165, 1.54) is 6.92 Å². The average Bonchev–Trinajstić information content (AvgIpc) is 1.82. The molecule has 1 atom stereocenters. The molecule has 10 heavy (non-hydrogen) atoms. The van der Waals surface area contributed by atoms with Crippen LogP contribution in [0.2, 0.25) is 0 Å². The fraction of sp³-hybridized carbons (Fsp3) is 0.833. The summed E-state index contributed by atoms with van der Waals surface area (Å²) in [5.74, 6) is -0.321. The van der Waals surface area contributed by atoms with Gasteiger partial charge in [0.05, 0.1) is 6.61 Å². The van der Waals surface area contributed by atoms with Gasteiger partial charge < -0.3 is 9.84 Å². The van der Waals surface area contributed by atoms with Crippen LogP contribution in [0.15, 0.2) is 0 Å². The van der Waals surface area contributed by atoms with Gasteiger partial charge in [-0.2, -0.15) is 0 Å². The van der Waals surface area contributed by atoms with Gasteiger partial charge in [-0.1, -0.05) is 0 Å². The molecule has 0 aliphatic rings. The molecule has 0 saturated heterocycles. The molecule has 60 valence electrons. The van der Waals surface area contributed by atoms with Crippen LogP contribution in [0.4, 0.5) is 0 Å². The number of carbonyl (C=O) groups excluding carboxylic acids is 1. The summed E-state index contributed by atoms with van der Waals surface area (Å²) in [5.41, 5.74) is 0. The fourth-order valence-electron chi connectivity index (χ4n) is 0.558. The van der Waals surface area contributed by atoms with Crippen LogP contribution in [0.25, 0.3) is 0 Å². The number of ether oxygens (including phenoxy) is 1. The Morgan fingerprint density at radius 2 is 2.40 bits per heavy atom. The second kappa shape index (κ2) is 5.20. The SMILES string of the molecule is CC(=O)OC(C)NCCO. The summed E-state index contributed by atoms with van der Waals surface area (Å²) in [7, 11) is 0. The Labute approximate surface area is 60.2 Å². The molecule has 0 bridgehead atoms. The highest BCUT2D eigenvalue weighted by atomic mass is 16.6. The standard InChI is InChI=1S/C6H13NO3/c1-5(7-3-4-8)10-6(2)9/h5,7-8H,3-4H2,1-2H3. The molecule has 0 fully saturated rings. The first kappa shape index (κ1) is 9.39. The third kappa shape index (κ3) is 5.53. The smallest absolute Gasteiger partial charge is 0.304 e. The molecule has 0 aliphatic carbocycles. The van der Waals surface area contributed by atoms with E-state index in [-0.39, 0.29) is 18.8 Å². The second-order valence-electron chi connectivity index (χ2n) is 1.93. The van der Waals surface area contributed by atoms with Crippen LogP contribution >= 0.6 is 0 Å². The van der Waals surface area contributed by atoms with Crippen LogP contribution in [0, 0.1) is 0 Å². The number of aliphatic hydroxyl groups is 1. The van der Waals surface area contributed by atoms with Gasteiger partial charge in [0.15, 0.2) is 6.23 Å². The lowest BCUT2D eigenvalue weighted by atomic mass is 10.6. The van der Waals surface area contributed by atoms with E-state index in [4.69, 9.17) is 9.84 Å². The van der Waals surface area contributed by atoms with Gasteiger partial charge in [0.25, 0.3) is 0 Å². The molecule has 1 unspecified atom stereocenters. The maximum atomic E-state index is 10.3. The topological polar surface area (TPSA) is 58.6 Å². The lowest BCUT2D eigenvalue weighted by Gasteiger charge is -2.11. The van der Waals surface area contributed by atoms with E-state index < -0.39 is 0 Å². The largest absolute Gasteiger partial charge is 0.447 e. The third-order valence-electron chi connectivity index (χ3n) is 0.886. The van der Waals surface area contributed by atoms with Crippen LogP contribution in [-0.2, 0) is 9.53 Å². The minimum Gasteiger partial charge on any atom is -0.447 e. The highest BCUT2D eigenvalue weighted by Gasteiger charge is 2.01. The zero-order valence-corrected chi connectivity index (χ0v) is 6.26. The number of rotatable bonds is 4. The molecule has 0 aliphatic heterocycles. The van der Waals surface area contributed by atoms with Crippen molar-refractivity contribution in [3.8, 4) is 0 Å². The molecule has 0 saturated carbocycles. The Morgan fingerprint density at radius 3 is 2.80 bits per heavy atom. The molecular weight excluding hydrogens is 134 g/mol. The predicted molar refractivity (Wildman–Crippen MR) is 36.3 cm³/mol. The molecule has 0 radical (unpaired) electrons. The minimum atomic E-state index is -0.321. The van der Waals surface area contributed by atoms with Gasteiger partial charge in [0.1, 0.15) is 0 Å². The summed E-state index contributed by atoms with van der Waals surface area (Å²) in [4.78, 5) is 10.3. The predicted octanol–water partition coefficient (Wildman–Crippen LogP) is -0.523. The molecule has 0 aromatic rings. The Kier molecular flexibility index (Phi) is 4.88. The lowest BCUT2D eigenvalue weighted by Crippen LogP contribution is -2.32. The normalized spacial score (nSPS) is 12.7. The lowest BCUT2D eigenvalue weighted by molar-refractivity contribution is -0.146. The van der Waals surface area contributed by atoms with Crippen LogP contribution in [0.1, 0.15) is 13.8 Å². The van der Waals surface area contributed by atoms with Gasteiger partial charge in [0.2, 0.25) is 0 Å². The van der Waals surface area contributed by atoms with E-state index in [1.54, 1.807) is 6.92 Å². The van der Waals surface area contributed by atoms with E-state index in [2.05, 4.69) is 5.32 Å². The first-order valence-electron chi connectivity index (χ1n) is 3.18. The van der Waals surface area contributed by atoms with Crippen molar-refractivity contribution >= 4 is 5.97 Å². The van der Waals surface area contributed by atoms with Crippen LogP contribution in [0.3, 0.4) is 0 Å². The number of carbonyl (C=O) groups is 1. The second-order valence-corrected chi connectivity index (χ2v) is 1.93. The third-order valence-corrected chi connectivity index (χ3v) is 0.886. The molecule has 4 heteroatoms. The number of hydrogen-bond acceptors (Lipinski definition) is 4. The number of esters is 1. The first-order valence-corrected chi connectivity index (χ1v) is 3.18. The molecule has 0 aromatic carbocycles. The molecule has 0 rings (SSSR count). The fourth-order valence-corrected chi connectivity index (χ4v) is 0.558. The molecule has 0 spiro atoms. The van der Waals surface area contributed by atoms with Gasteiger partial charge in [-0.15, -0.1) is 0 Å². The number of nitrogens with one attached hydrogen (secondary N) is 1. The summed E-state index contributed by atoms with van der Waals surface area (Å²) in [6.45, 7) is 3.54. The van der Waals surface area contributed by atoms with E-state index >= 15 is 0 Å². The minimum absolute atomic E-state index is 0.0472. The zero-order valence-electron chi connectivity index (χ0n) is 6.26. The van der Waals surface area contributed by atoms with Crippen molar-refractivity contribution in [3.05, 3.63) is 0 Å². The van der Waals surface area contributed by atoms with Gasteiger partial charge >= 0.3 is 5.97 Å². The Balaban J connectivity index is 3.25. The van der Waals surface area contributed by atoms with Gasteiger partial charge in [-0.3, -0.25) is 10.1 Å². The van der Waals surface area contributed by atoms with Crippen LogP contribution in [0.5, 0.6) is 0 Å². The van der Waals surface area contributed by atoms with Crippen molar-refractivity contribution in [2.45, 2.75) is 20.1 Å². The summed E-state index contributed by atoms with van der Waals surface area (Å²) in [6, 6.07) is 0. The van der Waals surface area contributed by atoms with Crippen molar-refractivity contribution in [2.24, 2.45) is 0 Å². The Hall–Kier alpha value is -0.610. The van der Waals surface area contributed by atoms with Crippen LogP contribution in [-0.4, -0.2) is 30.5 Å². The van der Waals surface area contributed by atoms with Crippen molar-refractivity contribution < 1.29 is 14.6 Å². The van der Waals surface area contributed by atoms with Gasteiger partial charge in [-0.05, 0) is 6.92 Å². The highest BCUT2D eigenvalue weighted by molar-refractivity contribution is 5.66. The van der Waals surface area contributed by atoms with E-state index in [9.17, 15) is 4.79 Å². The van der Waals surface area contributed by atoms with E-state index in [1.807, 2.05) is 0 Å². The summed E-state index contributed by atoms with van der Waals surface area (Å²) < 4.78 is 4.69. The average molecular weight is 147 g/mol. The quantitative estimate of drug-likeness (QED) is 0.415. The first-order chi connectivity index (χ1) is 4.66. The maximum Gasteiger partial charge on any atom is 0.304 e. The van der Waals surface area contributed by atoms with E-state index in [0.717, 1.165) is 0 Å².